The Morgan fingerprint density at radius 1 is 0.941 bits per heavy atom. The van der Waals surface area contributed by atoms with Crippen LogP contribution < -0.4 is 5.32 Å². The highest BCUT2D eigenvalue weighted by Gasteiger charge is 2.37. The van der Waals surface area contributed by atoms with Crippen molar-refractivity contribution in [3.05, 3.63) is 77.0 Å². The Morgan fingerprint density at radius 3 is 2.21 bits per heavy atom. The first-order valence-corrected chi connectivity index (χ1v) is 11.4. The molecule has 1 aromatic heterocycles. The zero-order valence-electron chi connectivity index (χ0n) is 19.7. The number of halogens is 5. The van der Waals surface area contributed by atoms with Crippen LogP contribution >= 0.6 is 0 Å². The summed E-state index contributed by atoms with van der Waals surface area (Å²) in [5.41, 5.74) is 0.239. The van der Waals surface area contributed by atoms with Crippen LogP contribution in [0, 0.1) is 11.6 Å². The summed E-state index contributed by atoms with van der Waals surface area (Å²) >= 11 is 0. The third-order valence-corrected chi connectivity index (χ3v) is 5.17. The first kappa shape index (κ1) is 27.1. The van der Waals surface area contributed by atoms with Crippen molar-refractivity contribution in [2.75, 3.05) is 5.32 Å². The highest BCUT2D eigenvalue weighted by atomic mass is 19.4. The maximum absolute atomic E-state index is 13.8. The number of hydrogen-bond acceptors (Lipinski definition) is 1. The summed E-state index contributed by atoms with van der Waals surface area (Å²) in [4.78, 5) is 12.2. The molecule has 184 valence electrons. The smallest absolute Gasteiger partial charge is 0.344 e. The van der Waals surface area contributed by atoms with E-state index in [2.05, 4.69) is 5.32 Å². The number of nitrogens with zero attached hydrogens (tertiary/aromatic N) is 1. The minimum atomic E-state index is -4.48. The van der Waals surface area contributed by atoms with Crippen LogP contribution in [0.1, 0.15) is 62.2 Å². The molecule has 1 aliphatic rings. The number of alkyl halides is 3. The number of nitrogens with one attached hydrogen (secondary N) is 1. The summed E-state index contributed by atoms with van der Waals surface area (Å²) in [6.07, 6.45) is -2.24. The van der Waals surface area contributed by atoms with Crippen molar-refractivity contribution >= 4 is 11.6 Å². The van der Waals surface area contributed by atoms with Crippen molar-refractivity contribution in [2.45, 2.75) is 59.7 Å². The predicted octanol–water partition coefficient (Wildman–Crippen LogP) is 8.09. The van der Waals surface area contributed by atoms with Gasteiger partial charge in [0.15, 0.2) is 11.6 Å². The molecule has 3 aromatic rings. The first-order valence-electron chi connectivity index (χ1n) is 11.4. The standard InChI is InChI=1S/C22H17F5N2O.2C2H6/c23-18-6-3-5-16(19(18)24)21(30)28-14-9-7-13(8-10-14)20-17(22(25,26)27)12-15-4-1-2-11-29(15)20;2*1-2/h3,5-10,12H,1-2,4,11H2,(H,28,30);2*1-2H3. The molecule has 8 heteroatoms. The quantitative estimate of drug-likeness (QED) is 0.378. The van der Waals surface area contributed by atoms with E-state index in [4.69, 9.17) is 0 Å². The van der Waals surface area contributed by atoms with Crippen molar-refractivity contribution in [1.29, 1.82) is 0 Å². The van der Waals surface area contributed by atoms with E-state index in [-0.39, 0.29) is 11.4 Å². The monoisotopic (exact) mass is 480 g/mol. The molecular formula is C26H29F5N2O. The normalized spacial score (nSPS) is 12.5. The Bertz CT molecular complexity index is 1100. The van der Waals surface area contributed by atoms with Gasteiger partial charge in [-0.05, 0) is 55.2 Å². The highest BCUT2D eigenvalue weighted by Crippen LogP contribution is 2.41. The average molecular weight is 481 g/mol. The van der Waals surface area contributed by atoms with Gasteiger partial charge >= 0.3 is 6.18 Å². The second-order valence-corrected chi connectivity index (χ2v) is 7.14. The Balaban J connectivity index is 0.000000970. The van der Waals surface area contributed by atoms with Gasteiger partial charge in [-0.25, -0.2) is 8.78 Å². The van der Waals surface area contributed by atoms with Gasteiger partial charge in [0, 0.05) is 17.9 Å². The van der Waals surface area contributed by atoms with Crippen LogP contribution in [0.15, 0.2) is 48.5 Å². The van der Waals surface area contributed by atoms with Crippen LogP contribution in [0.4, 0.5) is 27.6 Å². The van der Waals surface area contributed by atoms with Crippen LogP contribution in [0.5, 0.6) is 0 Å². The van der Waals surface area contributed by atoms with Crippen LogP contribution in [0.25, 0.3) is 11.3 Å². The summed E-state index contributed by atoms with van der Waals surface area (Å²) in [5.74, 6) is -3.26. The number of amides is 1. The molecular weight excluding hydrogens is 451 g/mol. The van der Waals surface area contributed by atoms with Gasteiger partial charge < -0.3 is 9.88 Å². The van der Waals surface area contributed by atoms with E-state index in [1.165, 1.54) is 36.4 Å². The molecule has 2 heterocycles. The molecule has 0 saturated heterocycles. The average Bonchev–Trinajstić information content (AvgIpc) is 3.24. The summed E-state index contributed by atoms with van der Waals surface area (Å²) < 4.78 is 69.6. The zero-order valence-corrected chi connectivity index (χ0v) is 19.7. The molecule has 4 rings (SSSR count). The van der Waals surface area contributed by atoms with Gasteiger partial charge in [-0.3, -0.25) is 4.79 Å². The van der Waals surface area contributed by atoms with Gasteiger partial charge in [0.1, 0.15) is 0 Å². The van der Waals surface area contributed by atoms with E-state index in [1.807, 2.05) is 27.7 Å². The predicted molar refractivity (Wildman–Crippen MR) is 125 cm³/mol. The van der Waals surface area contributed by atoms with Crippen molar-refractivity contribution < 1.29 is 26.7 Å². The third-order valence-electron chi connectivity index (χ3n) is 5.17. The molecule has 0 fully saturated rings. The highest BCUT2D eigenvalue weighted by molar-refractivity contribution is 6.04. The Labute approximate surface area is 196 Å². The molecule has 0 saturated carbocycles. The fourth-order valence-electron chi connectivity index (χ4n) is 3.76. The molecule has 1 aliphatic heterocycles. The Hall–Kier alpha value is -3.16. The summed E-state index contributed by atoms with van der Waals surface area (Å²) in [6, 6.07) is 10.3. The van der Waals surface area contributed by atoms with E-state index in [1.54, 1.807) is 4.57 Å². The van der Waals surface area contributed by atoms with Crippen molar-refractivity contribution in [2.24, 2.45) is 0 Å². The summed E-state index contributed by atoms with van der Waals surface area (Å²) in [5, 5.41) is 2.43. The fourth-order valence-corrected chi connectivity index (χ4v) is 3.76. The Morgan fingerprint density at radius 2 is 1.59 bits per heavy atom. The largest absolute Gasteiger partial charge is 0.418 e. The third kappa shape index (κ3) is 5.85. The number of hydrogen-bond donors (Lipinski definition) is 1. The number of aromatic nitrogens is 1. The van der Waals surface area contributed by atoms with E-state index in [0.717, 1.165) is 25.0 Å². The lowest BCUT2D eigenvalue weighted by molar-refractivity contribution is -0.137. The zero-order chi connectivity index (χ0) is 25.5. The molecule has 3 nitrogen and oxygen atoms in total. The topological polar surface area (TPSA) is 34.0 Å². The summed E-state index contributed by atoms with van der Waals surface area (Å²) in [7, 11) is 0. The lowest BCUT2D eigenvalue weighted by Gasteiger charge is -2.19. The van der Waals surface area contributed by atoms with Gasteiger partial charge in [-0.1, -0.05) is 45.9 Å². The minimum Gasteiger partial charge on any atom is -0.344 e. The van der Waals surface area contributed by atoms with Crippen LogP contribution in [0.3, 0.4) is 0 Å². The molecule has 1 amide bonds. The van der Waals surface area contributed by atoms with Crippen LogP contribution in [-0.2, 0) is 19.1 Å². The van der Waals surface area contributed by atoms with Gasteiger partial charge in [-0.2, -0.15) is 13.2 Å². The molecule has 0 spiro atoms. The van der Waals surface area contributed by atoms with Crippen molar-refractivity contribution in [3.8, 4) is 11.3 Å². The van der Waals surface area contributed by atoms with Crippen molar-refractivity contribution in [3.63, 3.8) is 0 Å². The van der Waals surface area contributed by atoms with E-state index < -0.39 is 34.8 Å². The molecule has 0 aliphatic carbocycles. The molecule has 2 aromatic carbocycles. The van der Waals surface area contributed by atoms with Gasteiger partial charge in [-0.15, -0.1) is 0 Å². The van der Waals surface area contributed by atoms with E-state index in [0.29, 0.717) is 24.2 Å². The number of carbonyl (C=O) groups is 1. The molecule has 0 radical (unpaired) electrons. The molecule has 0 bridgehead atoms. The van der Waals surface area contributed by atoms with Crippen LogP contribution in [-0.4, -0.2) is 10.5 Å². The van der Waals surface area contributed by atoms with Gasteiger partial charge in [0.25, 0.3) is 5.91 Å². The van der Waals surface area contributed by atoms with Gasteiger partial charge in [0.05, 0.1) is 16.8 Å². The number of rotatable bonds is 3. The second-order valence-electron chi connectivity index (χ2n) is 7.14. The number of aryl methyl sites for hydroxylation is 1. The molecule has 0 unspecified atom stereocenters. The molecule has 0 atom stereocenters. The van der Waals surface area contributed by atoms with Crippen molar-refractivity contribution in [1.82, 2.24) is 4.57 Å². The minimum absolute atomic E-state index is 0.103. The summed E-state index contributed by atoms with van der Waals surface area (Å²) in [6.45, 7) is 8.51. The lowest BCUT2D eigenvalue weighted by atomic mass is 10.1. The molecule has 34 heavy (non-hydrogen) atoms. The van der Waals surface area contributed by atoms with E-state index in [9.17, 15) is 26.7 Å². The lowest BCUT2D eigenvalue weighted by Crippen LogP contribution is -2.14. The number of benzene rings is 2. The number of carbonyl (C=O) groups excluding carboxylic acids is 1. The van der Waals surface area contributed by atoms with Crippen LogP contribution in [0.2, 0.25) is 0 Å². The van der Waals surface area contributed by atoms with E-state index >= 15 is 0 Å². The Kier molecular flexibility index (Phi) is 9.41. The number of anilines is 1. The molecule has 1 N–H and O–H groups in total. The van der Waals surface area contributed by atoms with Gasteiger partial charge in [0.2, 0.25) is 0 Å². The fraction of sp³-hybridized carbons (Fsp3) is 0.346. The number of fused-ring (bicyclic) bond motifs is 1. The first-order chi connectivity index (χ1) is 16.3. The second kappa shape index (κ2) is 11.8. The maximum atomic E-state index is 13.8. The SMILES string of the molecule is CC.CC.O=C(Nc1ccc(-c2c(C(F)(F)F)cc3n2CCCC3)cc1)c1cccc(F)c1F. The maximum Gasteiger partial charge on any atom is 0.418 e.